The van der Waals surface area contributed by atoms with Gasteiger partial charge in [0.25, 0.3) is 0 Å². The van der Waals surface area contributed by atoms with Crippen LogP contribution in [0.3, 0.4) is 0 Å². The Kier molecular flexibility index (Phi) is 3.18. The number of ketones is 1. The Morgan fingerprint density at radius 3 is 2.82 bits per heavy atom. The minimum atomic E-state index is -0.0848. The minimum absolute atomic E-state index is 0.0848. The molecular weight excluding hydrogens is 344 g/mol. The van der Waals surface area contributed by atoms with Crippen LogP contribution in [0.2, 0.25) is 0 Å². The van der Waals surface area contributed by atoms with E-state index in [2.05, 4.69) is 38.5 Å². The van der Waals surface area contributed by atoms with Gasteiger partial charge in [0.1, 0.15) is 0 Å². The number of fused-ring (bicyclic) bond motifs is 1. The van der Waals surface area contributed by atoms with Crippen molar-refractivity contribution in [1.82, 2.24) is 5.16 Å². The predicted octanol–water partition coefficient (Wildman–Crippen LogP) is 4.31. The van der Waals surface area contributed by atoms with Crippen molar-refractivity contribution < 1.29 is 9.32 Å². The van der Waals surface area contributed by atoms with Crippen LogP contribution in [-0.4, -0.2) is 10.9 Å². The van der Waals surface area contributed by atoms with E-state index in [0.717, 1.165) is 45.4 Å². The van der Waals surface area contributed by atoms with Crippen LogP contribution in [0, 0.1) is 6.92 Å². The van der Waals surface area contributed by atoms with Crippen LogP contribution < -0.4 is 5.32 Å². The zero-order valence-corrected chi connectivity index (χ0v) is 13.7. The largest absolute Gasteiger partial charge is 0.338 e. The van der Waals surface area contributed by atoms with Gasteiger partial charge in [-0.2, -0.15) is 0 Å². The Balaban J connectivity index is 1.94. The number of aromatic nitrogens is 1. The second-order valence-corrected chi connectivity index (χ2v) is 6.70. The molecule has 4 rings (SSSR count). The zero-order chi connectivity index (χ0) is 15.3. The number of halogens is 1. The molecule has 0 saturated carbocycles. The summed E-state index contributed by atoms with van der Waals surface area (Å²) in [5, 5.41) is 7.37. The number of nitrogens with one attached hydrogen (secondary N) is 1. The van der Waals surface area contributed by atoms with E-state index >= 15 is 0 Å². The van der Waals surface area contributed by atoms with Gasteiger partial charge in [-0.05, 0) is 37.5 Å². The third-order valence-corrected chi connectivity index (χ3v) is 4.94. The fourth-order valence-corrected chi connectivity index (χ4v) is 3.67. The van der Waals surface area contributed by atoms with Crippen LogP contribution in [0.4, 0.5) is 5.88 Å². The maximum Gasteiger partial charge on any atom is 0.233 e. The van der Waals surface area contributed by atoms with Crippen molar-refractivity contribution in [1.29, 1.82) is 0 Å². The number of anilines is 1. The molecule has 5 heteroatoms. The molecule has 1 aromatic carbocycles. The summed E-state index contributed by atoms with van der Waals surface area (Å²) in [7, 11) is 0. The van der Waals surface area contributed by atoms with Crippen LogP contribution in [0.25, 0.3) is 0 Å². The third kappa shape index (κ3) is 2.03. The number of carbonyl (C=O) groups excluding carboxylic acids is 1. The van der Waals surface area contributed by atoms with E-state index in [0.29, 0.717) is 12.3 Å². The van der Waals surface area contributed by atoms with Gasteiger partial charge in [-0.25, -0.2) is 0 Å². The summed E-state index contributed by atoms with van der Waals surface area (Å²) in [6.07, 6.45) is 2.39. The second kappa shape index (κ2) is 5.09. The maximum absolute atomic E-state index is 12.6. The van der Waals surface area contributed by atoms with Crippen LogP contribution in [-0.2, 0) is 4.79 Å². The lowest BCUT2D eigenvalue weighted by atomic mass is 9.76. The molecule has 0 saturated heterocycles. The van der Waals surface area contributed by atoms with Gasteiger partial charge in [0.15, 0.2) is 5.78 Å². The van der Waals surface area contributed by atoms with Crippen molar-refractivity contribution >= 4 is 27.6 Å². The molecule has 22 heavy (non-hydrogen) atoms. The van der Waals surface area contributed by atoms with E-state index in [4.69, 9.17) is 4.52 Å². The standard InChI is InChI=1S/C17H15BrN2O2/c1-9-14-15(10-5-7-11(18)8-6-10)16-12(3-2-4-13(16)21)19-17(14)22-20-9/h5-8,15,19H,2-4H2,1H3. The van der Waals surface area contributed by atoms with Crippen molar-refractivity contribution in [3.63, 3.8) is 0 Å². The summed E-state index contributed by atoms with van der Waals surface area (Å²) in [6, 6.07) is 8.13. The summed E-state index contributed by atoms with van der Waals surface area (Å²) in [5.41, 5.74) is 4.79. The maximum atomic E-state index is 12.6. The number of rotatable bonds is 1. The molecule has 0 bridgehead atoms. The monoisotopic (exact) mass is 358 g/mol. The second-order valence-electron chi connectivity index (χ2n) is 5.79. The van der Waals surface area contributed by atoms with Gasteiger partial charge in [0.05, 0.1) is 11.3 Å². The quantitative estimate of drug-likeness (QED) is 0.824. The minimum Gasteiger partial charge on any atom is -0.338 e. The summed E-state index contributed by atoms with van der Waals surface area (Å²) in [4.78, 5) is 12.6. The molecule has 2 aliphatic rings. The fourth-order valence-electron chi connectivity index (χ4n) is 3.41. The molecular formula is C17H15BrN2O2. The Bertz CT molecular complexity index is 789. The van der Waals surface area contributed by atoms with Gasteiger partial charge in [-0.1, -0.05) is 33.2 Å². The lowest BCUT2D eigenvalue weighted by Crippen LogP contribution is -2.26. The number of nitrogens with zero attached hydrogens (tertiary/aromatic N) is 1. The normalized spacial score (nSPS) is 20.5. The summed E-state index contributed by atoms with van der Waals surface area (Å²) < 4.78 is 6.46. The van der Waals surface area contributed by atoms with Gasteiger partial charge in [-0.3, -0.25) is 4.79 Å². The van der Waals surface area contributed by atoms with E-state index in [1.165, 1.54) is 0 Å². The van der Waals surface area contributed by atoms with Gasteiger partial charge >= 0.3 is 0 Å². The molecule has 1 atom stereocenters. The molecule has 4 nitrogen and oxygen atoms in total. The van der Waals surface area contributed by atoms with Crippen LogP contribution >= 0.6 is 15.9 Å². The predicted molar refractivity (Wildman–Crippen MR) is 86.7 cm³/mol. The molecule has 1 aromatic heterocycles. The first-order chi connectivity index (χ1) is 10.6. The number of hydrogen-bond donors (Lipinski definition) is 1. The SMILES string of the molecule is Cc1noc2c1C(c1ccc(Br)cc1)C1=C(CCCC1=O)N2. The molecule has 1 unspecified atom stereocenters. The summed E-state index contributed by atoms with van der Waals surface area (Å²) in [6.45, 7) is 1.93. The van der Waals surface area contributed by atoms with Gasteiger partial charge in [0, 0.05) is 28.1 Å². The highest BCUT2D eigenvalue weighted by atomic mass is 79.9. The molecule has 0 radical (unpaired) electrons. The molecule has 1 aliphatic heterocycles. The zero-order valence-electron chi connectivity index (χ0n) is 12.1. The summed E-state index contributed by atoms with van der Waals surface area (Å²) in [5.74, 6) is 0.824. The van der Waals surface area contributed by atoms with Gasteiger partial charge < -0.3 is 9.84 Å². The highest BCUT2D eigenvalue weighted by Crippen LogP contribution is 2.46. The molecule has 0 spiro atoms. The highest BCUT2D eigenvalue weighted by Gasteiger charge is 2.38. The smallest absolute Gasteiger partial charge is 0.233 e. The molecule has 0 fully saturated rings. The van der Waals surface area contributed by atoms with Gasteiger partial charge in [0.2, 0.25) is 5.88 Å². The topological polar surface area (TPSA) is 55.1 Å². The number of carbonyl (C=O) groups is 1. The van der Waals surface area contributed by atoms with Crippen LogP contribution in [0.15, 0.2) is 44.5 Å². The van der Waals surface area contributed by atoms with E-state index in [-0.39, 0.29) is 11.7 Å². The molecule has 1 N–H and O–H groups in total. The molecule has 2 aromatic rings. The molecule has 1 aliphatic carbocycles. The lowest BCUT2D eigenvalue weighted by molar-refractivity contribution is -0.116. The van der Waals surface area contributed by atoms with Crippen molar-refractivity contribution in [3.05, 3.63) is 56.8 Å². The lowest BCUT2D eigenvalue weighted by Gasteiger charge is -2.31. The van der Waals surface area contributed by atoms with Crippen molar-refractivity contribution in [2.75, 3.05) is 5.32 Å². The fraction of sp³-hybridized carbons (Fsp3) is 0.294. The van der Waals surface area contributed by atoms with E-state index in [9.17, 15) is 4.79 Å². The number of aryl methyl sites for hydroxylation is 1. The molecule has 0 amide bonds. The van der Waals surface area contributed by atoms with Crippen LogP contribution in [0.5, 0.6) is 0 Å². The van der Waals surface area contributed by atoms with E-state index in [1.807, 2.05) is 19.1 Å². The Morgan fingerprint density at radius 2 is 2.05 bits per heavy atom. The van der Waals surface area contributed by atoms with E-state index < -0.39 is 0 Å². The average Bonchev–Trinajstić information content (AvgIpc) is 2.88. The van der Waals surface area contributed by atoms with Crippen molar-refractivity contribution in [3.8, 4) is 0 Å². The summed E-state index contributed by atoms with van der Waals surface area (Å²) >= 11 is 3.47. The Labute approximate surface area is 136 Å². The molecule has 2 heterocycles. The van der Waals surface area contributed by atoms with E-state index in [1.54, 1.807) is 0 Å². The first-order valence-electron chi connectivity index (χ1n) is 7.40. The molecule has 112 valence electrons. The van der Waals surface area contributed by atoms with Crippen molar-refractivity contribution in [2.45, 2.75) is 32.1 Å². The first kappa shape index (κ1) is 13.8. The average molecular weight is 359 g/mol. The number of Topliss-reactive ketones (excluding diaryl/α,β-unsaturated/α-hetero) is 1. The Hall–Kier alpha value is -1.88. The number of allylic oxidation sites excluding steroid dienone is 2. The van der Waals surface area contributed by atoms with Crippen molar-refractivity contribution in [2.24, 2.45) is 0 Å². The van der Waals surface area contributed by atoms with Gasteiger partial charge in [-0.15, -0.1) is 0 Å². The highest BCUT2D eigenvalue weighted by molar-refractivity contribution is 9.10. The number of hydrogen-bond acceptors (Lipinski definition) is 4. The third-order valence-electron chi connectivity index (χ3n) is 4.41. The number of benzene rings is 1. The Morgan fingerprint density at radius 1 is 1.27 bits per heavy atom. The first-order valence-corrected chi connectivity index (χ1v) is 8.19. The van der Waals surface area contributed by atoms with Crippen LogP contribution in [0.1, 0.15) is 42.0 Å².